The first-order chi connectivity index (χ1) is 29.2. The molecule has 8 N–H and O–H groups in total. The van der Waals surface area contributed by atoms with E-state index in [4.69, 9.17) is 9.97 Å². The van der Waals surface area contributed by atoms with Crippen LogP contribution in [0.25, 0.3) is 102 Å². The third kappa shape index (κ3) is 6.34. The molecule has 2 aliphatic rings. The average Bonchev–Trinajstić information content (AvgIpc) is 4.09. The van der Waals surface area contributed by atoms with Crippen LogP contribution in [0.1, 0.15) is 22.8 Å². The van der Waals surface area contributed by atoms with Crippen molar-refractivity contribution in [1.29, 1.82) is 0 Å². The fraction of sp³-hybridized carbons (Fsp3) is 0. The Kier molecular flexibility index (Phi) is 8.46. The van der Waals surface area contributed by atoms with Gasteiger partial charge in [-0.15, -0.1) is 0 Å². The average molecular weight is 787 g/mol. The number of aromatic amines is 2. The summed E-state index contributed by atoms with van der Waals surface area (Å²) in [5, 5.41) is 63.5. The Balaban J connectivity index is 1.45. The molecule has 10 nitrogen and oxygen atoms in total. The van der Waals surface area contributed by atoms with E-state index < -0.39 is 0 Å². The first-order valence-electron chi connectivity index (χ1n) is 19.1. The highest BCUT2D eigenvalue weighted by molar-refractivity contribution is 6.05. The molecule has 0 atom stereocenters. The lowest BCUT2D eigenvalue weighted by atomic mass is 9.97. The summed E-state index contributed by atoms with van der Waals surface area (Å²) >= 11 is 0. The molecule has 8 aromatic rings. The number of aromatic hydroxyl groups is 6. The highest BCUT2D eigenvalue weighted by atomic mass is 16.3. The minimum atomic E-state index is -0.0648. The summed E-state index contributed by atoms with van der Waals surface area (Å²) in [6.07, 6.45) is 7.70. The van der Waals surface area contributed by atoms with Crippen molar-refractivity contribution in [3.05, 3.63) is 156 Å². The molecule has 3 aromatic heterocycles. The van der Waals surface area contributed by atoms with Crippen LogP contribution in [0, 0.1) is 0 Å². The molecule has 0 unspecified atom stereocenters. The van der Waals surface area contributed by atoms with E-state index in [1.54, 1.807) is 60.7 Å². The van der Waals surface area contributed by atoms with Gasteiger partial charge in [0.15, 0.2) is 0 Å². The fourth-order valence-corrected chi connectivity index (χ4v) is 7.96. The predicted molar refractivity (Wildman–Crippen MR) is 236 cm³/mol. The fourth-order valence-electron chi connectivity index (χ4n) is 7.96. The maximum atomic E-state index is 11.4. The number of rotatable bonds is 5. The second kappa shape index (κ2) is 14.2. The number of H-pyrrole nitrogens is 2. The zero-order valence-electron chi connectivity index (χ0n) is 31.6. The summed E-state index contributed by atoms with van der Waals surface area (Å²) in [6, 6.07) is 37.7. The molecule has 0 amide bonds. The zero-order chi connectivity index (χ0) is 41.1. The van der Waals surface area contributed by atoms with Gasteiger partial charge in [0.2, 0.25) is 0 Å². The molecule has 10 heteroatoms. The van der Waals surface area contributed by atoms with Crippen LogP contribution in [-0.4, -0.2) is 50.6 Å². The van der Waals surface area contributed by atoms with Gasteiger partial charge in [-0.05, 0) is 131 Å². The van der Waals surface area contributed by atoms with Crippen molar-refractivity contribution in [3.63, 3.8) is 0 Å². The van der Waals surface area contributed by atoms with Gasteiger partial charge in [-0.1, -0.05) is 48.5 Å². The van der Waals surface area contributed by atoms with Gasteiger partial charge in [-0.25, -0.2) is 9.97 Å². The van der Waals surface area contributed by atoms with E-state index in [9.17, 15) is 30.6 Å². The van der Waals surface area contributed by atoms with Crippen molar-refractivity contribution < 1.29 is 30.6 Å². The van der Waals surface area contributed by atoms with Crippen LogP contribution in [0.3, 0.4) is 0 Å². The van der Waals surface area contributed by atoms with E-state index in [-0.39, 0.29) is 34.5 Å². The second-order valence-corrected chi connectivity index (χ2v) is 14.6. The number of hydrogen-bond donors (Lipinski definition) is 8. The number of phenolic OH excluding ortho intramolecular Hbond substituents is 6. The van der Waals surface area contributed by atoms with Gasteiger partial charge in [0.05, 0.1) is 28.3 Å². The SMILES string of the molecule is Oc1ccc(-c2c3nc(c(-c4ccc(O)cc4)c4cc(-c5cc(O)ccc5O)c([nH]4)c(-c4ccc(O)cc4)c4nc(c(-c5ccc(O)cc5)c5ccc2[nH]5)C=C4)C=C3)cc1. The van der Waals surface area contributed by atoms with E-state index >= 15 is 0 Å². The standard InChI is InChI=1S/C50H34N4O6/c55-31-9-1-27(2-10-31)46-38-18-19-39(51-38)47(28-3-11-32(56)12-4-28)41-22-23-43(53-41)49(30-7-15-34(58)16-8-30)50-37(36-25-35(59)17-24-45(36)60)26-44(54-50)48(42-21-20-40(46)52-42)29-5-13-33(57)14-6-29/h1-26,51,54-60H. The van der Waals surface area contributed by atoms with Crippen LogP contribution in [0.15, 0.2) is 133 Å². The van der Waals surface area contributed by atoms with Crippen molar-refractivity contribution >= 4 is 46.4 Å². The quantitative estimate of drug-likeness (QED) is 0.0794. The summed E-state index contributed by atoms with van der Waals surface area (Å²) in [5.74, 6) is 0.307. The van der Waals surface area contributed by atoms with E-state index in [0.29, 0.717) is 61.6 Å². The third-order valence-corrected chi connectivity index (χ3v) is 10.8. The number of aromatic nitrogens is 4. The minimum Gasteiger partial charge on any atom is -0.508 e. The molecule has 60 heavy (non-hydrogen) atoms. The van der Waals surface area contributed by atoms with Crippen molar-refractivity contribution in [1.82, 2.24) is 19.9 Å². The summed E-state index contributed by atoms with van der Waals surface area (Å²) in [7, 11) is 0. The molecule has 8 bridgehead atoms. The molecule has 0 saturated heterocycles. The van der Waals surface area contributed by atoms with Crippen LogP contribution in [0.2, 0.25) is 0 Å². The van der Waals surface area contributed by atoms with Crippen LogP contribution in [0.5, 0.6) is 34.5 Å². The van der Waals surface area contributed by atoms with Gasteiger partial charge < -0.3 is 40.6 Å². The molecule has 0 spiro atoms. The van der Waals surface area contributed by atoms with Gasteiger partial charge >= 0.3 is 0 Å². The Morgan fingerprint density at radius 1 is 0.317 bits per heavy atom. The van der Waals surface area contributed by atoms with Crippen molar-refractivity contribution in [2.24, 2.45) is 0 Å². The number of nitrogens with zero attached hydrogens (tertiary/aromatic N) is 2. The molecule has 2 aliphatic heterocycles. The maximum Gasteiger partial charge on any atom is 0.123 e. The van der Waals surface area contributed by atoms with E-state index in [1.165, 1.54) is 18.2 Å². The lowest BCUT2D eigenvalue weighted by Gasteiger charge is -2.09. The van der Waals surface area contributed by atoms with Gasteiger partial charge in [-0.2, -0.15) is 0 Å². The zero-order valence-corrected chi connectivity index (χ0v) is 31.6. The van der Waals surface area contributed by atoms with E-state index in [0.717, 1.165) is 38.9 Å². The largest absolute Gasteiger partial charge is 0.508 e. The second-order valence-electron chi connectivity index (χ2n) is 14.6. The number of benzene rings is 5. The molecule has 0 saturated carbocycles. The molecule has 0 fully saturated rings. The van der Waals surface area contributed by atoms with E-state index in [1.807, 2.05) is 78.9 Å². The van der Waals surface area contributed by atoms with Crippen LogP contribution < -0.4 is 0 Å². The molecular weight excluding hydrogens is 753 g/mol. The Bertz CT molecular complexity index is 3240. The molecule has 10 rings (SSSR count). The first-order valence-corrected chi connectivity index (χ1v) is 19.1. The third-order valence-electron chi connectivity index (χ3n) is 10.8. The number of fused-ring (bicyclic) bond motifs is 8. The lowest BCUT2D eigenvalue weighted by Crippen LogP contribution is -1.90. The van der Waals surface area contributed by atoms with Gasteiger partial charge in [0.25, 0.3) is 0 Å². The molecule has 5 heterocycles. The predicted octanol–water partition coefficient (Wildman–Crippen LogP) is 11.2. The smallest absolute Gasteiger partial charge is 0.123 e. The molecule has 0 radical (unpaired) electrons. The van der Waals surface area contributed by atoms with Crippen LogP contribution in [-0.2, 0) is 0 Å². The van der Waals surface area contributed by atoms with Gasteiger partial charge in [0, 0.05) is 49.9 Å². The first kappa shape index (κ1) is 35.9. The van der Waals surface area contributed by atoms with Crippen molar-refractivity contribution in [2.45, 2.75) is 0 Å². The van der Waals surface area contributed by atoms with E-state index in [2.05, 4.69) is 9.97 Å². The molecule has 290 valence electrons. The number of nitrogens with one attached hydrogen (secondary N) is 2. The molecule has 0 aliphatic carbocycles. The molecule has 5 aromatic carbocycles. The van der Waals surface area contributed by atoms with Gasteiger partial charge in [-0.3, -0.25) is 0 Å². The Labute approximate surface area is 342 Å². The monoisotopic (exact) mass is 786 g/mol. The normalized spacial score (nSPS) is 11.9. The maximum absolute atomic E-state index is 11.4. The Hall–Kier alpha value is -8.50. The topological polar surface area (TPSA) is 179 Å². The van der Waals surface area contributed by atoms with Crippen LogP contribution >= 0.6 is 0 Å². The highest BCUT2D eigenvalue weighted by Crippen LogP contribution is 2.44. The summed E-state index contributed by atoms with van der Waals surface area (Å²) in [5.41, 5.74) is 11.9. The summed E-state index contributed by atoms with van der Waals surface area (Å²) < 4.78 is 0. The Morgan fingerprint density at radius 3 is 1.12 bits per heavy atom. The minimum absolute atomic E-state index is 0.0459. The highest BCUT2D eigenvalue weighted by Gasteiger charge is 2.22. The lowest BCUT2D eigenvalue weighted by molar-refractivity contribution is 0.462. The number of hydrogen-bond acceptors (Lipinski definition) is 8. The summed E-state index contributed by atoms with van der Waals surface area (Å²) in [6.45, 7) is 0. The summed E-state index contributed by atoms with van der Waals surface area (Å²) in [4.78, 5) is 17.9. The number of phenols is 6. The Morgan fingerprint density at radius 2 is 0.683 bits per heavy atom. The van der Waals surface area contributed by atoms with Crippen molar-refractivity contribution in [3.8, 4) is 90.1 Å². The molecular formula is C50H34N4O6. The van der Waals surface area contributed by atoms with Crippen LogP contribution in [0.4, 0.5) is 0 Å². The van der Waals surface area contributed by atoms with Gasteiger partial charge in [0.1, 0.15) is 34.5 Å². The van der Waals surface area contributed by atoms with Crippen molar-refractivity contribution in [2.75, 3.05) is 0 Å².